The molecular formula is C11H17ClF3N. The van der Waals surface area contributed by atoms with E-state index in [9.17, 15) is 13.2 Å². The number of hydrogen-bond acceptors (Lipinski definition) is 1. The maximum atomic E-state index is 14.3. The topological polar surface area (TPSA) is 26.0 Å². The number of rotatable bonds is 1. The third kappa shape index (κ3) is 1.57. The normalized spacial score (nSPS) is 58.5. The van der Waals surface area contributed by atoms with Crippen LogP contribution in [0.4, 0.5) is 13.2 Å². The van der Waals surface area contributed by atoms with Gasteiger partial charge in [-0.2, -0.15) is 0 Å². The zero-order valence-electron chi connectivity index (χ0n) is 9.07. The van der Waals surface area contributed by atoms with Crippen LogP contribution < -0.4 is 5.73 Å². The van der Waals surface area contributed by atoms with Gasteiger partial charge < -0.3 is 5.73 Å². The molecular weight excluding hydrogens is 239 g/mol. The maximum Gasteiger partial charge on any atom is 0.117 e. The molecule has 4 aliphatic rings. The van der Waals surface area contributed by atoms with Crippen LogP contribution in [0.15, 0.2) is 0 Å². The Hall–Kier alpha value is 0.0400. The number of nitrogens with two attached hydrogens (primary N) is 1. The van der Waals surface area contributed by atoms with E-state index in [0.29, 0.717) is 0 Å². The lowest BCUT2D eigenvalue weighted by Gasteiger charge is -2.63. The Labute approximate surface area is 99.4 Å². The van der Waals surface area contributed by atoms with Gasteiger partial charge in [-0.25, -0.2) is 13.2 Å². The van der Waals surface area contributed by atoms with E-state index in [1.54, 1.807) is 0 Å². The Balaban J connectivity index is 0.000000963. The summed E-state index contributed by atoms with van der Waals surface area (Å²) in [5.74, 6) is 0. The van der Waals surface area contributed by atoms with Gasteiger partial charge in [-0.15, -0.1) is 12.4 Å². The lowest BCUT2D eigenvalue weighted by atomic mass is 9.46. The van der Waals surface area contributed by atoms with Crippen molar-refractivity contribution in [2.75, 3.05) is 6.54 Å². The summed E-state index contributed by atoms with van der Waals surface area (Å²) < 4.78 is 42.8. The van der Waals surface area contributed by atoms with Gasteiger partial charge in [0.15, 0.2) is 0 Å². The molecule has 0 saturated heterocycles. The second-order valence-corrected chi connectivity index (χ2v) is 6.22. The van der Waals surface area contributed by atoms with Gasteiger partial charge in [0.1, 0.15) is 17.0 Å². The highest BCUT2D eigenvalue weighted by Gasteiger charge is 2.69. The lowest BCUT2D eigenvalue weighted by molar-refractivity contribution is -0.213. The molecule has 2 N–H and O–H groups in total. The number of halogens is 4. The van der Waals surface area contributed by atoms with Gasteiger partial charge >= 0.3 is 0 Å². The Morgan fingerprint density at radius 2 is 1.06 bits per heavy atom. The van der Waals surface area contributed by atoms with Crippen molar-refractivity contribution in [3.05, 3.63) is 0 Å². The first-order chi connectivity index (χ1) is 6.80. The lowest BCUT2D eigenvalue weighted by Crippen LogP contribution is -2.66. The highest BCUT2D eigenvalue weighted by molar-refractivity contribution is 5.85. The minimum atomic E-state index is -1.64. The molecule has 5 heteroatoms. The van der Waals surface area contributed by atoms with Crippen LogP contribution in [-0.2, 0) is 0 Å². The van der Waals surface area contributed by atoms with Gasteiger partial charge in [0.05, 0.1) is 0 Å². The predicted octanol–water partition coefficient (Wildman–Crippen LogP) is 2.86. The molecule has 0 unspecified atom stereocenters. The van der Waals surface area contributed by atoms with Crippen molar-refractivity contribution in [3.63, 3.8) is 0 Å². The quantitative estimate of drug-likeness (QED) is 0.766. The molecule has 0 aromatic rings. The zero-order chi connectivity index (χ0) is 10.9. The SMILES string of the molecule is Cl.NCC12CC3(F)CC(F)(CC(F)(C3)C1)C2. The second kappa shape index (κ2) is 3.08. The summed E-state index contributed by atoms with van der Waals surface area (Å²) in [5.41, 5.74) is 0.0625. The van der Waals surface area contributed by atoms with Crippen molar-refractivity contribution in [1.29, 1.82) is 0 Å². The molecule has 4 bridgehead atoms. The standard InChI is InChI=1S/C11H16F3N.ClH/c12-9-1-8(7-15)2-10(13,4-9)6-11(14,3-8)5-9;/h1-7,15H2;1H. The molecule has 0 radical (unpaired) electrons. The summed E-state index contributed by atoms with van der Waals surface area (Å²) in [6.07, 6.45) is 0.420. The Bertz CT molecular complexity index is 269. The minimum Gasteiger partial charge on any atom is -0.330 e. The molecule has 0 aromatic carbocycles. The van der Waals surface area contributed by atoms with Gasteiger partial charge in [-0.1, -0.05) is 0 Å². The molecule has 1 nitrogen and oxygen atoms in total. The van der Waals surface area contributed by atoms with Crippen molar-refractivity contribution >= 4 is 12.4 Å². The van der Waals surface area contributed by atoms with Crippen LogP contribution in [0.5, 0.6) is 0 Å². The van der Waals surface area contributed by atoms with Crippen molar-refractivity contribution in [3.8, 4) is 0 Å². The van der Waals surface area contributed by atoms with Crippen LogP contribution in [0, 0.1) is 5.41 Å². The van der Waals surface area contributed by atoms with E-state index in [1.165, 1.54) is 0 Å². The highest BCUT2D eigenvalue weighted by Crippen LogP contribution is 2.67. The van der Waals surface area contributed by atoms with E-state index >= 15 is 0 Å². The molecule has 4 fully saturated rings. The van der Waals surface area contributed by atoms with Gasteiger partial charge in [0.25, 0.3) is 0 Å². The highest BCUT2D eigenvalue weighted by atomic mass is 35.5. The number of hydrogen-bond donors (Lipinski definition) is 1. The Kier molecular flexibility index (Phi) is 2.40. The molecule has 0 heterocycles. The minimum absolute atomic E-state index is 0. The molecule has 4 saturated carbocycles. The van der Waals surface area contributed by atoms with Crippen molar-refractivity contribution in [2.45, 2.75) is 55.5 Å². The molecule has 4 rings (SSSR count). The van der Waals surface area contributed by atoms with E-state index in [0.717, 1.165) is 0 Å². The number of alkyl halides is 3. The molecule has 4 aliphatic carbocycles. The van der Waals surface area contributed by atoms with Crippen molar-refractivity contribution in [2.24, 2.45) is 11.1 Å². The fraction of sp³-hybridized carbons (Fsp3) is 1.00. The van der Waals surface area contributed by atoms with Crippen molar-refractivity contribution in [1.82, 2.24) is 0 Å². The molecule has 0 spiro atoms. The van der Waals surface area contributed by atoms with E-state index in [-0.39, 0.29) is 57.5 Å². The Morgan fingerprint density at radius 3 is 1.31 bits per heavy atom. The zero-order valence-corrected chi connectivity index (χ0v) is 9.89. The summed E-state index contributed by atoms with van der Waals surface area (Å²) in [7, 11) is 0. The average molecular weight is 256 g/mol. The van der Waals surface area contributed by atoms with E-state index in [2.05, 4.69) is 0 Å². The smallest absolute Gasteiger partial charge is 0.117 e. The second-order valence-electron chi connectivity index (χ2n) is 6.22. The van der Waals surface area contributed by atoms with Crippen LogP contribution in [-0.4, -0.2) is 23.6 Å². The fourth-order valence-corrected chi connectivity index (χ4v) is 4.69. The molecule has 0 atom stereocenters. The first-order valence-electron chi connectivity index (χ1n) is 5.57. The molecule has 94 valence electrons. The van der Waals surface area contributed by atoms with Gasteiger partial charge in [0, 0.05) is 19.3 Å². The van der Waals surface area contributed by atoms with E-state index in [4.69, 9.17) is 5.73 Å². The summed E-state index contributed by atoms with van der Waals surface area (Å²) in [6, 6.07) is 0. The van der Waals surface area contributed by atoms with Crippen LogP contribution >= 0.6 is 12.4 Å². The summed E-state index contributed by atoms with van der Waals surface area (Å²) in [5, 5.41) is 0. The van der Waals surface area contributed by atoms with Gasteiger partial charge in [0.2, 0.25) is 0 Å². The first kappa shape index (κ1) is 12.5. The average Bonchev–Trinajstić information content (AvgIpc) is 1.94. The third-order valence-electron chi connectivity index (χ3n) is 4.41. The Morgan fingerprint density at radius 1 is 0.750 bits per heavy atom. The summed E-state index contributed by atoms with van der Waals surface area (Å²) in [6.45, 7) is 0.204. The van der Waals surface area contributed by atoms with Crippen molar-refractivity contribution < 1.29 is 13.2 Å². The molecule has 0 aromatic heterocycles. The van der Waals surface area contributed by atoms with Crippen LogP contribution in [0.1, 0.15) is 38.5 Å². The summed E-state index contributed by atoms with van der Waals surface area (Å²) >= 11 is 0. The van der Waals surface area contributed by atoms with E-state index < -0.39 is 22.4 Å². The third-order valence-corrected chi connectivity index (χ3v) is 4.41. The van der Waals surface area contributed by atoms with Crippen LogP contribution in [0.3, 0.4) is 0 Å². The van der Waals surface area contributed by atoms with E-state index in [1.807, 2.05) is 0 Å². The molecule has 0 amide bonds. The van der Waals surface area contributed by atoms with Crippen LogP contribution in [0.2, 0.25) is 0 Å². The molecule has 16 heavy (non-hydrogen) atoms. The first-order valence-corrected chi connectivity index (χ1v) is 5.57. The maximum absolute atomic E-state index is 14.3. The largest absolute Gasteiger partial charge is 0.330 e. The van der Waals surface area contributed by atoms with Gasteiger partial charge in [-0.3, -0.25) is 0 Å². The molecule has 0 aliphatic heterocycles. The van der Waals surface area contributed by atoms with Gasteiger partial charge in [-0.05, 0) is 31.2 Å². The fourth-order valence-electron chi connectivity index (χ4n) is 4.69. The summed E-state index contributed by atoms with van der Waals surface area (Å²) in [4.78, 5) is 0. The monoisotopic (exact) mass is 255 g/mol. The van der Waals surface area contributed by atoms with Crippen LogP contribution in [0.25, 0.3) is 0 Å². The predicted molar refractivity (Wildman–Crippen MR) is 58.0 cm³/mol.